The highest BCUT2D eigenvalue weighted by molar-refractivity contribution is 5.95. The molecule has 178 valence electrons. The second-order valence-electron chi connectivity index (χ2n) is 8.62. The number of anilines is 1. The molecule has 0 spiro atoms. The van der Waals surface area contributed by atoms with Crippen molar-refractivity contribution in [2.45, 2.75) is 12.5 Å². The zero-order chi connectivity index (χ0) is 24.5. The Bertz CT molecular complexity index is 1370. The highest BCUT2D eigenvalue weighted by Gasteiger charge is 2.29. The molecule has 3 heterocycles. The van der Waals surface area contributed by atoms with Crippen LogP contribution in [0.1, 0.15) is 16.8 Å². The molecule has 1 fully saturated rings. The maximum Gasteiger partial charge on any atom is 0.270 e. The molecule has 9 nitrogen and oxygen atoms in total. The van der Waals surface area contributed by atoms with E-state index in [1.54, 1.807) is 11.0 Å². The van der Waals surface area contributed by atoms with Crippen LogP contribution in [-0.4, -0.2) is 69.1 Å². The van der Waals surface area contributed by atoms with E-state index in [1.807, 2.05) is 44.4 Å². The third-order valence-corrected chi connectivity index (χ3v) is 6.13. The van der Waals surface area contributed by atoms with Crippen molar-refractivity contribution in [3.05, 3.63) is 66.1 Å². The lowest BCUT2D eigenvalue weighted by Gasteiger charge is -2.20. The predicted octanol–water partition coefficient (Wildman–Crippen LogP) is 3.36. The molecule has 0 bridgehead atoms. The van der Waals surface area contributed by atoms with Crippen molar-refractivity contribution in [1.29, 1.82) is 0 Å². The summed E-state index contributed by atoms with van der Waals surface area (Å²) in [7, 11) is 3.96. The molecule has 2 aromatic carbocycles. The molecular weight excluding hydrogens is 449 g/mol. The molecule has 4 aromatic rings. The average molecular weight is 474 g/mol. The SMILES string of the molecule is CN(C)[C@@H]1CCN(C(=O)c2ccc(-c3cnc(N)c(-c4nnc(-c5ccccc5)o4)n3)cc2F)C1. The number of amides is 1. The third kappa shape index (κ3) is 4.47. The number of nitrogens with two attached hydrogens (primary N) is 1. The summed E-state index contributed by atoms with van der Waals surface area (Å²) in [6.45, 7) is 1.18. The maximum atomic E-state index is 15.0. The van der Waals surface area contributed by atoms with E-state index in [0.717, 1.165) is 12.0 Å². The zero-order valence-electron chi connectivity index (χ0n) is 19.3. The van der Waals surface area contributed by atoms with Gasteiger partial charge in [0.2, 0.25) is 5.89 Å². The van der Waals surface area contributed by atoms with Gasteiger partial charge in [0.15, 0.2) is 11.5 Å². The summed E-state index contributed by atoms with van der Waals surface area (Å²) in [5, 5.41) is 8.11. The van der Waals surface area contributed by atoms with Gasteiger partial charge in [-0.25, -0.2) is 14.4 Å². The third-order valence-electron chi connectivity index (χ3n) is 6.13. The van der Waals surface area contributed by atoms with Crippen LogP contribution < -0.4 is 5.73 Å². The van der Waals surface area contributed by atoms with Crippen LogP contribution in [0.3, 0.4) is 0 Å². The van der Waals surface area contributed by atoms with Gasteiger partial charge in [-0.05, 0) is 44.8 Å². The minimum Gasteiger partial charge on any atom is -0.414 e. The van der Waals surface area contributed by atoms with Gasteiger partial charge in [0, 0.05) is 30.3 Å². The molecule has 10 heteroatoms. The maximum absolute atomic E-state index is 15.0. The summed E-state index contributed by atoms with van der Waals surface area (Å²) in [6.07, 6.45) is 2.30. The predicted molar refractivity (Wildman–Crippen MR) is 129 cm³/mol. The Morgan fingerprint density at radius 2 is 1.89 bits per heavy atom. The van der Waals surface area contributed by atoms with Crippen molar-refractivity contribution in [2.24, 2.45) is 0 Å². The Labute approximate surface area is 201 Å². The summed E-state index contributed by atoms with van der Waals surface area (Å²) in [5.41, 5.74) is 7.81. The molecule has 1 amide bonds. The highest BCUT2D eigenvalue weighted by Crippen LogP contribution is 2.29. The van der Waals surface area contributed by atoms with Crippen LogP contribution in [0.2, 0.25) is 0 Å². The summed E-state index contributed by atoms with van der Waals surface area (Å²) in [4.78, 5) is 25.3. The first-order valence-corrected chi connectivity index (χ1v) is 11.2. The number of nitrogens with zero attached hydrogens (tertiary/aromatic N) is 6. The average Bonchev–Trinajstić information content (AvgIpc) is 3.55. The van der Waals surface area contributed by atoms with E-state index >= 15 is 4.39 Å². The molecule has 0 radical (unpaired) electrons. The quantitative estimate of drug-likeness (QED) is 0.469. The van der Waals surface area contributed by atoms with E-state index in [-0.39, 0.29) is 34.9 Å². The van der Waals surface area contributed by atoms with Gasteiger partial charge in [-0.15, -0.1) is 10.2 Å². The number of halogens is 1. The van der Waals surface area contributed by atoms with E-state index in [0.29, 0.717) is 30.2 Å². The van der Waals surface area contributed by atoms with E-state index in [2.05, 4.69) is 25.1 Å². The molecule has 35 heavy (non-hydrogen) atoms. The number of likely N-dealkylation sites (tertiary alicyclic amines) is 1. The molecule has 5 rings (SSSR count). The number of carbonyl (C=O) groups excluding carboxylic acids is 1. The topological polar surface area (TPSA) is 114 Å². The smallest absolute Gasteiger partial charge is 0.270 e. The second-order valence-corrected chi connectivity index (χ2v) is 8.62. The van der Waals surface area contributed by atoms with Crippen LogP contribution in [0.25, 0.3) is 34.3 Å². The Morgan fingerprint density at radius 1 is 1.11 bits per heavy atom. The molecule has 2 aromatic heterocycles. The number of carbonyl (C=O) groups is 1. The molecule has 0 saturated carbocycles. The minimum absolute atomic E-state index is 0.0289. The van der Waals surface area contributed by atoms with Crippen LogP contribution in [0.4, 0.5) is 10.2 Å². The van der Waals surface area contributed by atoms with E-state index in [9.17, 15) is 4.79 Å². The fraction of sp³-hybridized carbons (Fsp3) is 0.240. The van der Waals surface area contributed by atoms with Crippen molar-refractivity contribution in [2.75, 3.05) is 32.9 Å². The van der Waals surface area contributed by atoms with Crippen LogP contribution in [0, 0.1) is 5.82 Å². The van der Waals surface area contributed by atoms with Crippen LogP contribution >= 0.6 is 0 Å². The number of benzene rings is 2. The van der Waals surface area contributed by atoms with Crippen LogP contribution in [-0.2, 0) is 0 Å². The van der Waals surface area contributed by atoms with Crippen molar-refractivity contribution in [3.63, 3.8) is 0 Å². The molecule has 0 aliphatic carbocycles. The first-order chi connectivity index (χ1) is 16.9. The summed E-state index contributed by atoms with van der Waals surface area (Å²) in [5.74, 6) is -0.410. The van der Waals surface area contributed by atoms with E-state index in [1.165, 1.54) is 18.3 Å². The molecule has 0 unspecified atom stereocenters. The monoisotopic (exact) mass is 473 g/mol. The standard InChI is InChI=1S/C25H24FN7O2/c1-32(2)17-10-11-33(14-17)25(34)18-9-8-16(12-19(18)26)20-13-28-22(27)21(29-20)24-31-30-23(35-24)15-6-4-3-5-7-15/h3-9,12-13,17H,10-11,14H2,1-2H3,(H2,27,28)/t17-/m1/s1. The van der Waals surface area contributed by atoms with Crippen molar-refractivity contribution in [3.8, 4) is 34.3 Å². The lowest BCUT2D eigenvalue weighted by atomic mass is 10.1. The second kappa shape index (κ2) is 9.22. The van der Waals surface area contributed by atoms with Crippen molar-refractivity contribution >= 4 is 11.7 Å². The molecule has 1 saturated heterocycles. The van der Waals surface area contributed by atoms with Gasteiger partial charge in [0.05, 0.1) is 17.5 Å². The number of hydrogen-bond donors (Lipinski definition) is 1. The van der Waals surface area contributed by atoms with Crippen molar-refractivity contribution in [1.82, 2.24) is 30.0 Å². The first kappa shape index (κ1) is 22.6. The molecule has 1 aliphatic heterocycles. The normalized spacial score (nSPS) is 15.7. The number of aromatic nitrogens is 4. The van der Waals surface area contributed by atoms with Crippen LogP contribution in [0.5, 0.6) is 0 Å². The summed E-state index contributed by atoms with van der Waals surface area (Å²) >= 11 is 0. The van der Waals surface area contributed by atoms with Gasteiger partial charge < -0.3 is 20.0 Å². The lowest BCUT2D eigenvalue weighted by molar-refractivity contribution is 0.0778. The van der Waals surface area contributed by atoms with Crippen LogP contribution in [0.15, 0.2) is 59.1 Å². The highest BCUT2D eigenvalue weighted by atomic mass is 19.1. The minimum atomic E-state index is -0.620. The molecule has 1 atom stereocenters. The first-order valence-electron chi connectivity index (χ1n) is 11.2. The van der Waals surface area contributed by atoms with E-state index < -0.39 is 5.82 Å². The fourth-order valence-corrected chi connectivity index (χ4v) is 4.08. The zero-order valence-corrected chi connectivity index (χ0v) is 19.3. The number of rotatable bonds is 5. The number of nitrogen functional groups attached to an aromatic ring is 1. The van der Waals surface area contributed by atoms with Gasteiger partial charge >= 0.3 is 0 Å². The Kier molecular flexibility index (Phi) is 5.96. The Balaban J connectivity index is 1.40. The fourth-order valence-electron chi connectivity index (χ4n) is 4.08. The summed E-state index contributed by atoms with van der Waals surface area (Å²) in [6, 6.07) is 14.0. The Hall–Kier alpha value is -4.18. The Morgan fingerprint density at radius 3 is 2.60 bits per heavy atom. The van der Waals surface area contributed by atoms with Gasteiger partial charge in [0.1, 0.15) is 5.82 Å². The van der Waals surface area contributed by atoms with Gasteiger partial charge in [-0.3, -0.25) is 4.79 Å². The van der Waals surface area contributed by atoms with Gasteiger partial charge in [0.25, 0.3) is 11.8 Å². The molecular formula is C25H24FN7O2. The van der Waals surface area contributed by atoms with Gasteiger partial charge in [-0.2, -0.15) is 0 Å². The molecule has 1 aliphatic rings. The van der Waals surface area contributed by atoms with Crippen molar-refractivity contribution < 1.29 is 13.6 Å². The largest absolute Gasteiger partial charge is 0.414 e. The summed E-state index contributed by atoms with van der Waals surface area (Å²) < 4.78 is 20.8. The number of hydrogen-bond acceptors (Lipinski definition) is 8. The number of likely N-dealkylation sites (N-methyl/N-ethyl adjacent to an activating group) is 1. The lowest BCUT2D eigenvalue weighted by Crippen LogP contribution is -2.34. The van der Waals surface area contributed by atoms with Gasteiger partial charge in [-0.1, -0.05) is 24.3 Å². The van der Waals surface area contributed by atoms with E-state index in [4.69, 9.17) is 10.2 Å². The molecule has 2 N–H and O–H groups in total.